The van der Waals surface area contributed by atoms with E-state index >= 15 is 0 Å². The fourth-order valence-electron chi connectivity index (χ4n) is 4.90. The van der Waals surface area contributed by atoms with Gasteiger partial charge in [-0.3, -0.25) is 4.57 Å². The van der Waals surface area contributed by atoms with E-state index in [1.807, 2.05) is 60.7 Å². The molecule has 0 heterocycles. The van der Waals surface area contributed by atoms with Crippen molar-refractivity contribution >= 4 is 49.3 Å². The molecule has 0 aliphatic heterocycles. The van der Waals surface area contributed by atoms with Crippen molar-refractivity contribution in [1.29, 1.82) is 0 Å². The molecule has 0 aliphatic carbocycles. The van der Waals surface area contributed by atoms with E-state index in [4.69, 9.17) is 9.05 Å². The van der Waals surface area contributed by atoms with Gasteiger partial charge in [0.25, 0.3) is 0 Å². The van der Waals surface area contributed by atoms with Crippen LogP contribution >= 0.6 is 15.2 Å². The number of rotatable bonds is 16. The Balaban J connectivity index is 0.00000583. The van der Waals surface area contributed by atoms with Gasteiger partial charge in [0, 0.05) is 11.4 Å². The first-order valence-corrected chi connectivity index (χ1v) is 19.1. The van der Waals surface area contributed by atoms with Crippen LogP contribution in [0, 0.1) is 0 Å². The van der Waals surface area contributed by atoms with E-state index in [9.17, 15) is 18.9 Å². The van der Waals surface area contributed by atoms with Crippen molar-refractivity contribution < 1.29 is 57.5 Å². The molecule has 0 spiro atoms. The third-order valence-electron chi connectivity index (χ3n) is 7.22. The van der Waals surface area contributed by atoms with Crippen molar-refractivity contribution in [3.8, 4) is 0 Å². The average Bonchev–Trinajstić information content (AvgIpc) is 3.13. The molecule has 0 bridgehead atoms. The first-order valence-electron chi connectivity index (χ1n) is 15.9. The number of hydrogen-bond acceptors (Lipinski definition) is 11. The van der Waals surface area contributed by atoms with Gasteiger partial charge in [0.05, 0.1) is 36.0 Å². The molecule has 0 amide bonds. The summed E-state index contributed by atoms with van der Waals surface area (Å²) < 4.78 is 37.6. The summed E-state index contributed by atoms with van der Waals surface area (Å²) in [6.45, 7) is 3.12. The monoisotopic (exact) mass is 734 g/mol. The van der Waals surface area contributed by atoms with Crippen LogP contribution in [0.15, 0.2) is 154 Å². The SMILES string of the molecule is CCOP(=O)([O-])C(Nc1ccc(N=Nc2ccccc2)cc1)c1cccc(C(Nc2ccc(N=Nc3ccccc3)cc2)P(=O)(O)OCC)c1.[Na+]. The fraction of sp³-hybridized carbons (Fsp3) is 0.167. The maximum atomic E-state index is 13.6. The summed E-state index contributed by atoms with van der Waals surface area (Å²) in [6.07, 6.45) is 0. The van der Waals surface area contributed by atoms with Crippen molar-refractivity contribution in [3.05, 3.63) is 145 Å². The zero-order chi connectivity index (χ0) is 35.4. The number of benzene rings is 5. The zero-order valence-electron chi connectivity index (χ0n) is 28.4. The van der Waals surface area contributed by atoms with Crippen molar-refractivity contribution in [3.63, 3.8) is 0 Å². The Morgan fingerprint density at radius 2 is 0.980 bits per heavy atom. The van der Waals surface area contributed by atoms with Crippen LogP contribution in [0.4, 0.5) is 34.1 Å². The minimum Gasteiger partial charge on any atom is -0.777 e. The molecule has 15 heteroatoms. The molecule has 12 nitrogen and oxygen atoms in total. The molecule has 51 heavy (non-hydrogen) atoms. The number of nitrogens with zero attached hydrogens (tertiary/aromatic N) is 4. The number of azo groups is 2. The van der Waals surface area contributed by atoms with Crippen molar-refractivity contribution in [1.82, 2.24) is 0 Å². The van der Waals surface area contributed by atoms with E-state index in [0.717, 1.165) is 0 Å². The maximum Gasteiger partial charge on any atom is 1.00 e. The van der Waals surface area contributed by atoms with E-state index < -0.39 is 26.8 Å². The molecule has 4 unspecified atom stereocenters. The van der Waals surface area contributed by atoms with Crippen LogP contribution in [0.5, 0.6) is 0 Å². The predicted octanol–water partition coefficient (Wildman–Crippen LogP) is 7.55. The van der Waals surface area contributed by atoms with Crippen LogP contribution in [0.1, 0.15) is 36.5 Å². The Bertz CT molecular complexity index is 1850. The first kappa shape index (κ1) is 40.0. The Hall–Kier alpha value is -3.80. The number of hydrogen-bond donors (Lipinski definition) is 3. The standard InChI is InChI=1S/C36H38N6O6P2.Na/c1-3-47-49(43,44)35(37-29-18-22-33(23-19-29)41-39-31-14-7-5-8-15-31)27-12-11-13-28(26-27)36(50(45,46)48-4-2)38-30-20-24-34(25-21-30)42-40-32-16-9-6-10-17-32;/h5-26,35-38H,3-4H2,1-2H3,(H,43,44)(H,45,46);/q;+1/p-1. The molecule has 5 aromatic carbocycles. The zero-order valence-corrected chi connectivity index (χ0v) is 32.2. The summed E-state index contributed by atoms with van der Waals surface area (Å²) in [5.74, 6) is -2.58. The normalized spacial score (nSPS) is 15.0. The van der Waals surface area contributed by atoms with Gasteiger partial charge < -0.3 is 34.0 Å². The van der Waals surface area contributed by atoms with Gasteiger partial charge in [-0.2, -0.15) is 20.5 Å². The molecule has 5 rings (SSSR count). The summed E-state index contributed by atoms with van der Waals surface area (Å²) >= 11 is 0. The van der Waals surface area contributed by atoms with Crippen LogP contribution in [-0.4, -0.2) is 18.1 Å². The van der Waals surface area contributed by atoms with Gasteiger partial charge >= 0.3 is 37.2 Å². The second kappa shape index (κ2) is 19.2. The third-order valence-corrected chi connectivity index (χ3v) is 10.6. The van der Waals surface area contributed by atoms with Crippen LogP contribution in [-0.2, 0) is 18.2 Å². The van der Waals surface area contributed by atoms with E-state index in [2.05, 4.69) is 31.1 Å². The van der Waals surface area contributed by atoms with Gasteiger partial charge in [0.15, 0.2) is 13.4 Å². The molecule has 0 saturated carbocycles. The van der Waals surface area contributed by atoms with E-state index in [1.165, 1.54) is 0 Å². The molecule has 0 aliphatic rings. The van der Waals surface area contributed by atoms with Crippen LogP contribution in [0.25, 0.3) is 0 Å². The van der Waals surface area contributed by atoms with Crippen molar-refractivity contribution in [2.75, 3.05) is 23.8 Å². The van der Waals surface area contributed by atoms with Crippen LogP contribution in [0.2, 0.25) is 0 Å². The Morgan fingerprint density at radius 1 is 0.588 bits per heavy atom. The van der Waals surface area contributed by atoms with Crippen LogP contribution < -0.4 is 45.1 Å². The smallest absolute Gasteiger partial charge is 0.777 e. The van der Waals surface area contributed by atoms with Gasteiger partial charge in [0.1, 0.15) is 5.78 Å². The largest absolute Gasteiger partial charge is 1.00 e. The summed E-state index contributed by atoms with van der Waals surface area (Å²) in [5, 5.41) is 23.1. The molecule has 0 aromatic heterocycles. The number of nitrogens with one attached hydrogen (secondary N) is 2. The summed E-state index contributed by atoms with van der Waals surface area (Å²) in [5.41, 5.74) is 4.17. The fourth-order valence-corrected chi connectivity index (χ4v) is 7.61. The average molecular weight is 735 g/mol. The van der Waals surface area contributed by atoms with Gasteiger partial charge in [-0.15, -0.1) is 0 Å². The quantitative estimate of drug-likeness (QED) is 0.0530. The molecule has 4 atom stereocenters. The molecule has 0 saturated heterocycles. The maximum absolute atomic E-state index is 13.6. The molecule has 0 radical (unpaired) electrons. The molecular weight excluding hydrogens is 697 g/mol. The minimum absolute atomic E-state index is 0. The van der Waals surface area contributed by atoms with Crippen molar-refractivity contribution in [2.45, 2.75) is 25.4 Å². The summed E-state index contributed by atoms with van der Waals surface area (Å²) in [7, 11) is -8.90. The Labute approximate surface area is 319 Å². The molecule has 5 aromatic rings. The van der Waals surface area contributed by atoms with Gasteiger partial charge in [-0.25, -0.2) is 0 Å². The van der Waals surface area contributed by atoms with Gasteiger partial charge in [-0.05, 0) is 97.8 Å². The predicted molar refractivity (Wildman–Crippen MR) is 194 cm³/mol. The first-order chi connectivity index (χ1) is 24.2. The topological polar surface area (TPSA) is 169 Å². The van der Waals surface area contributed by atoms with Gasteiger partial charge in [0.2, 0.25) is 0 Å². The molecule has 0 fully saturated rings. The van der Waals surface area contributed by atoms with Crippen molar-refractivity contribution in [2.24, 2.45) is 20.5 Å². The summed E-state index contributed by atoms with van der Waals surface area (Å²) in [4.78, 5) is 24.5. The molecule has 3 N–H and O–H groups in total. The molecular formula is C36H37N6NaO6P2. The van der Waals surface area contributed by atoms with E-state index in [0.29, 0.717) is 45.3 Å². The second-order valence-corrected chi connectivity index (χ2v) is 14.6. The number of anilines is 2. The Kier molecular flexibility index (Phi) is 15.0. The van der Waals surface area contributed by atoms with E-state index in [-0.39, 0.29) is 42.8 Å². The Morgan fingerprint density at radius 3 is 1.41 bits per heavy atom. The molecule has 258 valence electrons. The summed E-state index contributed by atoms with van der Waals surface area (Å²) in [6, 6.07) is 38.6. The minimum atomic E-state index is -4.56. The third kappa shape index (κ3) is 11.6. The second-order valence-electron chi connectivity index (χ2n) is 10.9. The van der Waals surface area contributed by atoms with Crippen LogP contribution in [0.3, 0.4) is 0 Å². The van der Waals surface area contributed by atoms with Gasteiger partial charge in [-0.1, -0.05) is 60.7 Å². The van der Waals surface area contributed by atoms with E-state index in [1.54, 1.807) is 86.6 Å².